The number of anilines is 1. The molecule has 3 heterocycles. The highest BCUT2D eigenvalue weighted by Crippen LogP contribution is 2.38. The van der Waals surface area contributed by atoms with Gasteiger partial charge in [0.15, 0.2) is 0 Å². The largest absolute Gasteiger partial charge is 0.381 e. The second kappa shape index (κ2) is 5.94. The maximum Gasteiger partial charge on any atom is 0.321 e. The number of carbonyl (C=O) groups is 1. The van der Waals surface area contributed by atoms with E-state index in [9.17, 15) is 4.79 Å². The standard InChI is InChI=1S/C18H22N4O2/c1-14-3-4-15(22-8-2-7-19-22)11-16(14)20-17(23)21-9-5-18(12-21)6-10-24-13-18/h2-4,7-8,11H,5-6,9-10,12-13H2,1H3,(H,20,23)/t18-/m0/s1. The lowest BCUT2D eigenvalue weighted by atomic mass is 9.87. The predicted molar refractivity (Wildman–Crippen MR) is 91.4 cm³/mol. The smallest absolute Gasteiger partial charge is 0.321 e. The van der Waals surface area contributed by atoms with Crippen LogP contribution in [0.5, 0.6) is 0 Å². The topological polar surface area (TPSA) is 59.4 Å². The van der Waals surface area contributed by atoms with Crippen molar-refractivity contribution in [2.45, 2.75) is 19.8 Å². The molecule has 0 unspecified atom stereocenters. The van der Waals surface area contributed by atoms with Crippen molar-refractivity contribution in [2.24, 2.45) is 5.41 Å². The number of ether oxygens (including phenoxy) is 1. The number of benzene rings is 1. The molecule has 6 nitrogen and oxygen atoms in total. The summed E-state index contributed by atoms with van der Waals surface area (Å²) in [7, 11) is 0. The number of nitrogens with one attached hydrogen (secondary N) is 1. The molecule has 2 saturated heterocycles. The van der Waals surface area contributed by atoms with E-state index in [2.05, 4.69) is 10.4 Å². The van der Waals surface area contributed by atoms with Crippen molar-refractivity contribution in [1.29, 1.82) is 0 Å². The van der Waals surface area contributed by atoms with Crippen LogP contribution >= 0.6 is 0 Å². The van der Waals surface area contributed by atoms with Gasteiger partial charge in [-0.1, -0.05) is 6.07 Å². The Morgan fingerprint density at radius 1 is 1.38 bits per heavy atom. The lowest BCUT2D eigenvalue weighted by molar-refractivity contribution is 0.154. The summed E-state index contributed by atoms with van der Waals surface area (Å²) in [5, 5.41) is 7.31. The highest BCUT2D eigenvalue weighted by atomic mass is 16.5. The van der Waals surface area contributed by atoms with Crippen molar-refractivity contribution in [3.8, 4) is 5.69 Å². The fourth-order valence-corrected chi connectivity index (χ4v) is 3.58. The maximum absolute atomic E-state index is 12.7. The molecule has 0 aliphatic carbocycles. The van der Waals surface area contributed by atoms with Gasteiger partial charge >= 0.3 is 6.03 Å². The van der Waals surface area contributed by atoms with Gasteiger partial charge in [-0.05, 0) is 43.5 Å². The van der Waals surface area contributed by atoms with Crippen molar-refractivity contribution in [3.63, 3.8) is 0 Å². The first-order chi connectivity index (χ1) is 11.7. The second-order valence-corrected chi connectivity index (χ2v) is 6.85. The Hall–Kier alpha value is -2.34. The van der Waals surface area contributed by atoms with Crippen LogP contribution in [0, 0.1) is 12.3 Å². The molecule has 126 valence electrons. The van der Waals surface area contributed by atoms with Gasteiger partial charge < -0.3 is 15.0 Å². The molecule has 1 aromatic heterocycles. The minimum atomic E-state index is -0.0282. The number of nitrogens with zero attached hydrogens (tertiary/aromatic N) is 3. The normalized spacial score (nSPS) is 23.1. The van der Waals surface area contributed by atoms with Crippen molar-refractivity contribution in [1.82, 2.24) is 14.7 Å². The van der Waals surface area contributed by atoms with Gasteiger partial charge in [0.25, 0.3) is 0 Å². The molecule has 6 heteroatoms. The van der Waals surface area contributed by atoms with Gasteiger partial charge in [-0.3, -0.25) is 0 Å². The van der Waals surface area contributed by atoms with E-state index in [4.69, 9.17) is 4.74 Å². The van der Waals surface area contributed by atoms with Crippen molar-refractivity contribution < 1.29 is 9.53 Å². The number of hydrogen-bond acceptors (Lipinski definition) is 3. The maximum atomic E-state index is 12.7. The average molecular weight is 326 g/mol. The first kappa shape index (κ1) is 15.2. The van der Waals surface area contributed by atoms with E-state index in [-0.39, 0.29) is 11.4 Å². The van der Waals surface area contributed by atoms with Gasteiger partial charge in [-0.25, -0.2) is 9.48 Å². The molecule has 2 aliphatic heterocycles. The first-order valence-corrected chi connectivity index (χ1v) is 8.40. The summed E-state index contributed by atoms with van der Waals surface area (Å²) in [5.74, 6) is 0. The summed E-state index contributed by atoms with van der Waals surface area (Å²) in [5.41, 5.74) is 2.99. The van der Waals surface area contributed by atoms with Crippen LogP contribution in [0.2, 0.25) is 0 Å². The third-order valence-corrected chi connectivity index (χ3v) is 5.14. The molecule has 2 fully saturated rings. The highest BCUT2D eigenvalue weighted by molar-refractivity contribution is 5.90. The van der Waals surface area contributed by atoms with Crippen molar-refractivity contribution >= 4 is 11.7 Å². The summed E-state index contributed by atoms with van der Waals surface area (Å²) in [6, 6.07) is 7.82. The SMILES string of the molecule is Cc1ccc(-n2cccn2)cc1NC(=O)N1CC[C@]2(CCOC2)C1. The second-order valence-electron chi connectivity index (χ2n) is 6.85. The van der Waals surface area contributed by atoms with E-state index in [1.807, 2.05) is 42.3 Å². The van der Waals surface area contributed by atoms with Crippen molar-refractivity contribution in [2.75, 3.05) is 31.6 Å². The zero-order valence-electron chi connectivity index (χ0n) is 13.9. The van der Waals surface area contributed by atoms with Gasteiger partial charge in [0.05, 0.1) is 12.3 Å². The monoisotopic (exact) mass is 326 g/mol. The quantitative estimate of drug-likeness (QED) is 0.923. The molecule has 2 aliphatic rings. The number of urea groups is 1. The Balaban J connectivity index is 1.49. The van der Waals surface area contributed by atoms with Crippen LogP contribution in [0.3, 0.4) is 0 Å². The molecule has 1 atom stereocenters. The van der Waals surface area contributed by atoms with Crippen LogP contribution < -0.4 is 5.32 Å². The predicted octanol–water partition coefficient (Wildman–Crippen LogP) is 2.83. The summed E-state index contributed by atoms with van der Waals surface area (Å²) in [4.78, 5) is 14.6. The van der Waals surface area contributed by atoms with E-state index in [1.54, 1.807) is 10.9 Å². The lowest BCUT2D eigenvalue weighted by Crippen LogP contribution is -2.35. The Morgan fingerprint density at radius 2 is 2.29 bits per heavy atom. The molecular weight excluding hydrogens is 304 g/mol. The molecule has 4 rings (SSSR count). The molecule has 0 radical (unpaired) electrons. The Labute approximate surface area is 141 Å². The number of aromatic nitrogens is 2. The molecule has 1 N–H and O–H groups in total. The number of aryl methyl sites for hydroxylation is 1. The molecule has 0 saturated carbocycles. The molecule has 2 amide bonds. The Kier molecular flexibility index (Phi) is 3.76. The minimum Gasteiger partial charge on any atom is -0.381 e. The lowest BCUT2D eigenvalue weighted by Gasteiger charge is -2.22. The van der Waals surface area contributed by atoms with E-state index >= 15 is 0 Å². The van der Waals surface area contributed by atoms with Crippen LogP contribution in [-0.2, 0) is 4.74 Å². The third-order valence-electron chi connectivity index (χ3n) is 5.14. The average Bonchev–Trinajstić information content (AvgIpc) is 3.33. The Morgan fingerprint density at radius 3 is 3.04 bits per heavy atom. The van der Waals surface area contributed by atoms with E-state index in [0.29, 0.717) is 0 Å². The zero-order chi connectivity index (χ0) is 16.6. The zero-order valence-corrected chi connectivity index (χ0v) is 13.9. The number of likely N-dealkylation sites (tertiary alicyclic amines) is 1. The fourth-order valence-electron chi connectivity index (χ4n) is 3.58. The molecular formula is C18H22N4O2. The molecule has 1 spiro atoms. The van der Waals surface area contributed by atoms with Gasteiger partial charge in [0, 0.05) is 43.2 Å². The van der Waals surface area contributed by atoms with Crippen LogP contribution in [0.25, 0.3) is 5.69 Å². The highest BCUT2D eigenvalue weighted by Gasteiger charge is 2.42. The van der Waals surface area contributed by atoms with Crippen LogP contribution in [-0.4, -0.2) is 47.0 Å². The molecule has 24 heavy (non-hydrogen) atoms. The third kappa shape index (κ3) is 2.78. The summed E-state index contributed by atoms with van der Waals surface area (Å²) < 4.78 is 7.32. The van der Waals surface area contributed by atoms with Crippen LogP contribution in [0.15, 0.2) is 36.7 Å². The number of hydrogen-bond donors (Lipinski definition) is 1. The van der Waals surface area contributed by atoms with E-state index in [1.165, 1.54) is 0 Å². The first-order valence-electron chi connectivity index (χ1n) is 8.40. The van der Waals surface area contributed by atoms with Crippen molar-refractivity contribution in [3.05, 3.63) is 42.2 Å². The Bertz CT molecular complexity index is 735. The summed E-state index contributed by atoms with van der Waals surface area (Å²) in [6.07, 6.45) is 5.73. The minimum absolute atomic E-state index is 0.0282. The molecule has 0 bridgehead atoms. The van der Waals surface area contributed by atoms with Crippen LogP contribution in [0.1, 0.15) is 18.4 Å². The molecule has 1 aromatic carbocycles. The van der Waals surface area contributed by atoms with Gasteiger partial charge in [0.1, 0.15) is 0 Å². The van der Waals surface area contributed by atoms with Crippen LogP contribution in [0.4, 0.5) is 10.5 Å². The fraction of sp³-hybridized carbons (Fsp3) is 0.444. The number of rotatable bonds is 2. The van der Waals surface area contributed by atoms with E-state index < -0.39 is 0 Å². The number of carbonyl (C=O) groups excluding carboxylic acids is 1. The van der Waals surface area contributed by atoms with Gasteiger partial charge in [0.2, 0.25) is 0 Å². The molecule has 2 aromatic rings. The van der Waals surface area contributed by atoms with E-state index in [0.717, 1.165) is 56.1 Å². The van der Waals surface area contributed by atoms with Gasteiger partial charge in [-0.2, -0.15) is 5.10 Å². The number of amides is 2. The van der Waals surface area contributed by atoms with Gasteiger partial charge in [-0.15, -0.1) is 0 Å². The summed E-state index contributed by atoms with van der Waals surface area (Å²) >= 11 is 0. The summed E-state index contributed by atoms with van der Waals surface area (Å²) in [6.45, 7) is 5.19.